The van der Waals surface area contributed by atoms with Gasteiger partial charge in [-0.1, -0.05) is 0 Å². The van der Waals surface area contributed by atoms with Crippen LogP contribution in [0.25, 0.3) is 0 Å². The lowest BCUT2D eigenvalue weighted by Crippen LogP contribution is -2.29. The van der Waals surface area contributed by atoms with E-state index in [1.165, 1.54) is 14.0 Å². The van der Waals surface area contributed by atoms with Crippen LogP contribution in [0.2, 0.25) is 0 Å². The van der Waals surface area contributed by atoms with E-state index in [-0.39, 0.29) is 0 Å². The van der Waals surface area contributed by atoms with E-state index in [0.717, 1.165) is 0 Å². The van der Waals surface area contributed by atoms with E-state index in [1.807, 2.05) is 0 Å². The van der Waals surface area contributed by atoms with E-state index < -0.39 is 11.8 Å². The lowest BCUT2D eigenvalue weighted by molar-refractivity contribution is -0.394. The molecule has 0 aliphatic heterocycles. The lowest BCUT2D eigenvalue weighted by atomic mass is 10.4. The molecular formula is C6H12O4. The van der Waals surface area contributed by atoms with Gasteiger partial charge in [-0.2, -0.15) is 4.89 Å². The average molecular weight is 148 g/mol. The Balaban J connectivity index is 3.74. The van der Waals surface area contributed by atoms with Crippen molar-refractivity contribution in [2.24, 2.45) is 0 Å². The number of ether oxygens (including phenoxy) is 1. The van der Waals surface area contributed by atoms with E-state index in [2.05, 4.69) is 9.78 Å². The first-order valence-electron chi connectivity index (χ1n) is 2.89. The molecule has 0 aromatic carbocycles. The van der Waals surface area contributed by atoms with Gasteiger partial charge in [-0.3, -0.25) is 4.79 Å². The van der Waals surface area contributed by atoms with Crippen LogP contribution in [0.1, 0.15) is 20.8 Å². The summed E-state index contributed by atoms with van der Waals surface area (Å²) in [4.78, 5) is 19.3. The van der Waals surface area contributed by atoms with Gasteiger partial charge in [0.15, 0.2) is 0 Å². The summed E-state index contributed by atoms with van der Waals surface area (Å²) in [7, 11) is 1.35. The van der Waals surface area contributed by atoms with Crippen molar-refractivity contribution in [2.45, 2.75) is 26.6 Å². The number of carbonyl (C=O) groups is 1. The maximum Gasteiger partial charge on any atom is 0.305 e. The molecule has 0 saturated carbocycles. The minimum atomic E-state index is -0.999. The minimum absolute atomic E-state index is 0.401. The average Bonchev–Trinajstić information content (AvgIpc) is 1.59. The van der Waals surface area contributed by atoms with Crippen molar-refractivity contribution < 1.29 is 19.3 Å². The molecule has 4 nitrogen and oxygen atoms in total. The molecule has 10 heavy (non-hydrogen) atoms. The fourth-order valence-corrected chi connectivity index (χ4v) is 0.564. The maximum atomic E-state index is 10.4. The Bertz CT molecular complexity index is 119. The van der Waals surface area contributed by atoms with Crippen molar-refractivity contribution in [1.29, 1.82) is 0 Å². The second-order valence-corrected chi connectivity index (χ2v) is 2.24. The fraction of sp³-hybridized carbons (Fsp3) is 0.833. The van der Waals surface area contributed by atoms with Crippen LogP contribution in [0.3, 0.4) is 0 Å². The van der Waals surface area contributed by atoms with Gasteiger partial charge in [-0.05, 0) is 0 Å². The molecule has 0 rings (SSSR count). The Morgan fingerprint density at radius 1 is 1.40 bits per heavy atom. The number of hydrogen-bond donors (Lipinski definition) is 0. The largest absolute Gasteiger partial charge is 0.431 e. The van der Waals surface area contributed by atoms with Gasteiger partial charge in [0.2, 0.25) is 5.79 Å². The predicted molar refractivity (Wildman–Crippen MR) is 33.9 cm³/mol. The Labute approximate surface area is 60.0 Å². The summed E-state index contributed by atoms with van der Waals surface area (Å²) in [6.07, 6.45) is 0. The third-order valence-corrected chi connectivity index (χ3v) is 0.674. The Morgan fingerprint density at radius 2 is 1.90 bits per heavy atom. The molecule has 0 N–H and O–H groups in total. The standard InChI is InChI=1S/C6H12O4/c1-5(7)9-6(2,3)10-8-4/h1-4H3. The first-order valence-corrected chi connectivity index (χ1v) is 2.89. The molecule has 0 amide bonds. The summed E-state index contributed by atoms with van der Waals surface area (Å²) in [5, 5.41) is 0. The van der Waals surface area contributed by atoms with Crippen LogP contribution in [-0.4, -0.2) is 18.9 Å². The highest BCUT2D eigenvalue weighted by Gasteiger charge is 2.22. The minimum Gasteiger partial charge on any atom is -0.431 e. The number of hydrogen-bond acceptors (Lipinski definition) is 4. The number of rotatable bonds is 3. The zero-order valence-electron chi connectivity index (χ0n) is 6.63. The molecule has 0 aliphatic carbocycles. The molecule has 0 aromatic heterocycles. The summed E-state index contributed by atoms with van der Waals surface area (Å²) in [6, 6.07) is 0. The van der Waals surface area contributed by atoms with Gasteiger partial charge >= 0.3 is 5.97 Å². The first-order chi connectivity index (χ1) is 4.48. The summed E-state index contributed by atoms with van der Waals surface area (Å²) in [5.74, 6) is -1.40. The van der Waals surface area contributed by atoms with Gasteiger partial charge in [-0.25, -0.2) is 4.89 Å². The molecule has 0 spiro atoms. The zero-order valence-corrected chi connectivity index (χ0v) is 6.63. The van der Waals surface area contributed by atoms with Crippen molar-refractivity contribution in [3.8, 4) is 0 Å². The molecule has 4 heteroatoms. The summed E-state index contributed by atoms with van der Waals surface area (Å²) >= 11 is 0. The van der Waals surface area contributed by atoms with Crippen LogP contribution >= 0.6 is 0 Å². The van der Waals surface area contributed by atoms with Gasteiger partial charge in [-0.15, -0.1) is 0 Å². The first kappa shape index (κ1) is 9.39. The highest BCUT2D eigenvalue weighted by Crippen LogP contribution is 2.10. The summed E-state index contributed by atoms with van der Waals surface area (Å²) in [5.41, 5.74) is 0. The Kier molecular flexibility index (Phi) is 3.32. The molecule has 0 aromatic rings. The van der Waals surface area contributed by atoms with E-state index >= 15 is 0 Å². The van der Waals surface area contributed by atoms with Crippen LogP contribution in [0.15, 0.2) is 0 Å². The molecule has 0 bridgehead atoms. The van der Waals surface area contributed by atoms with Gasteiger partial charge in [0.25, 0.3) is 0 Å². The lowest BCUT2D eigenvalue weighted by Gasteiger charge is -2.21. The fourth-order valence-electron chi connectivity index (χ4n) is 0.564. The van der Waals surface area contributed by atoms with E-state index in [9.17, 15) is 4.79 Å². The summed E-state index contributed by atoms with van der Waals surface area (Å²) < 4.78 is 4.69. The smallest absolute Gasteiger partial charge is 0.305 e. The van der Waals surface area contributed by atoms with Crippen LogP contribution in [-0.2, 0) is 19.3 Å². The normalized spacial score (nSPS) is 11.2. The van der Waals surface area contributed by atoms with Crippen LogP contribution in [0, 0.1) is 0 Å². The molecule has 0 fully saturated rings. The SMILES string of the molecule is COOC(C)(C)OC(C)=O. The van der Waals surface area contributed by atoms with Gasteiger partial charge in [0, 0.05) is 20.8 Å². The maximum absolute atomic E-state index is 10.4. The Hall–Kier alpha value is -0.610. The van der Waals surface area contributed by atoms with Crippen LogP contribution in [0.5, 0.6) is 0 Å². The van der Waals surface area contributed by atoms with Crippen molar-refractivity contribution in [3.63, 3.8) is 0 Å². The molecule has 60 valence electrons. The molecule has 0 radical (unpaired) electrons. The van der Waals surface area contributed by atoms with E-state index in [1.54, 1.807) is 13.8 Å². The van der Waals surface area contributed by atoms with Crippen LogP contribution in [0.4, 0.5) is 0 Å². The van der Waals surface area contributed by atoms with Crippen LogP contribution < -0.4 is 0 Å². The van der Waals surface area contributed by atoms with Crippen molar-refractivity contribution in [1.82, 2.24) is 0 Å². The molecule has 0 aliphatic rings. The van der Waals surface area contributed by atoms with Gasteiger partial charge in [0.05, 0.1) is 7.11 Å². The molecular weight excluding hydrogens is 136 g/mol. The Morgan fingerprint density at radius 3 is 2.20 bits per heavy atom. The predicted octanol–water partition coefficient (Wildman–Crippen LogP) is 0.864. The highest BCUT2D eigenvalue weighted by molar-refractivity contribution is 5.66. The molecule has 0 heterocycles. The highest BCUT2D eigenvalue weighted by atomic mass is 17.2. The molecule has 0 saturated heterocycles. The third kappa shape index (κ3) is 4.29. The summed E-state index contributed by atoms with van der Waals surface area (Å²) in [6.45, 7) is 4.47. The monoisotopic (exact) mass is 148 g/mol. The molecule has 0 unspecified atom stereocenters. The van der Waals surface area contributed by atoms with Gasteiger partial charge < -0.3 is 4.74 Å². The zero-order chi connectivity index (χ0) is 8.20. The van der Waals surface area contributed by atoms with E-state index in [0.29, 0.717) is 0 Å². The van der Waals surface area contributed by atoms with E-state index in [4.69, 9.17) is 4.74 Å². The van der Waals surface area contributed by atoms with Gasteiger partial charge in [0.1, 0.15) is 0 Å². The van der Waals surface area contributed by atoms with Crippen molar-refractivity contribution in [3.05, 3.63) is 0 Å². The second-order valence-electron chi connectivity index (χ2n) is 2.24. The number of carbonyl (C=O) groups excluding carboxylic acids is 1. The van der Waals surface area contributed by atoms with Crippen molar-refractivity contribution in [2.75, 3.05) is 7.11 Å². The second kappa shape index (κ2) is 3.53. The molecule has 0 atom stereocenters. The van der Waals surface area contributed by atoms with Crippen molar-refractivity contribution >= 4 is 5.97 Å². The number of esters is 1. The quantitative estimate of drug-likeness (QED) is 0.258. The topological polar surface area (TPSA) is 44.8 Å². The third-order valence-electron chi connectivity index (χ3n) is 0.674.